The highest BCUT2D eigenvalue weighted by molar-refractivity contribution is 5.92. The molecule has 1 rings (SSSR count). The summed E-state index contributed by atoms with van der Waals surface area (Å²) in [6.07, 6.45) is 0. The van der Waals surface area contributed by atoms with Crippen molar-refractivity contribution in [1.82, 2.24) is 5.32 Å². The summed E-state index contributed by atoms with van der Waals surface area (Å²) < 4.78 is 17.8. The number of carbonyl (C=O) groups is 1. The molecule has 102 valence electrons. The van der Waals surface area contributed by atoms with Gasteiger partial charge in [-0.15, -0.1) is 12.4 Å². The number of anilines is 1. The van der Waals surface area contributed by atoms with E-state index in [0.717, 1.165) is 0 Å². The van der Waals surface area contributed by atoms with Crippen LogP contribution >= 0.6 is 12.4 Å². The smallest absolute Gasteiger partial charge is 0.238 e. The molecule has 6 heteroatoms. The van der Waals surface area contributed by atoms with Crippen LogP contribution in [0.5, 0.6) is 0 Å². The van der Waals surface area contributed by atoms with Gasteiger partial charge in [0.25, 0.3) is 0 Å². The molecular weight excluding hydrogens is 259 g/mol. The summed E-state index contributed by atoms with van der Waals surface area (Å²) in [5.41, 5.74) is 1.11. The van der Waals surface area contributed by atoms with Crippen molar-refractivity contribution in [1.29, 1.82) is 0 Å². The fourth-order valence-electron chi connectivity index (χ4n) is 1.30. The van der Waals surface area contributed by atoms with E-state index in [4.69, 9.17) is 4.74 Å². The number of rotatable bonds is 6. The van der Waals surface area contributed by atoms with Crippen LogP contribution in [0.4, 0.5) is 10.1 Å². The molecule has 0 saturated heterocycles. The number of amides is 1. The van der Waals surface area contributed by atoms with Crippen LogP contribution in [0, 0.1) is 12.7 Å². The van der Waals surface area contributed by atoms with Crippen molar-refractivity contribution in [2.24, 2.45) is 0 Å². The van der Waals surface area contributed by atoms with Gasteiger partial charge in [0.15, 0.2) is 0 Å². The molecular formula is C12H18ClFN2O2. The van der Waals surface area contributed by atoms with Gasteiger partial charge in [0, 0.05) is 19.3 Å². The molecule has 2 N–H and O–H groups in total. The number of halogens is 2. The first-order chi connectivity index (χ1) is 8.13. The van der Waals surface area contributed by atoms with Gasteiger partial charge in [-0.25, -0.2) is 4.39 Å². The van der Waals surface area contributed by atoms with Gasteiger partial charge < -0.3 is 15.4 Å². The van der Waals surface area contributed by atoms with Crippen molar-refractivity contribution in [2.75, 3.05) is 32.1 Å². The van der Waals surface area contributed by atoms with E-state index in [2.05, 4.69) is 10.6 Å². The number of carbonyl (C=O) groups excluding carboxylic acids is 1. The minimum absolute atomic E-state index is 0. The lowest BCUT2D eigenvalue weighted by Gasteiger charge is -2.07. The quantitative estimate of drug-likeness (QED) is 0.778. The third-order valence-electron chi connectivity index (χ3n) is 2.21. The lowest BCUT2D eigenvalue weighted by molar-refractivity contribution is -0.115. The number of methoxy groups -OCH3 is 1. The highest BCUT2D eigenvalue weighted by atomic mass is 35.5. The van der Waals surface area contributed by atoms with Crippen molar-refractivity contribution < 1.29 is 13.9 Å². The zero-order chi connectivity index (χ0) is 12.7. The molecule has 1 aromatic rings. The number of ether oxygens (including phenoxy) is 1. The first-order valence-corrected chi connectivity index (χ1v) is 5.39. The molecule has 0 radical (unpaired) electrons. The van der Waals surface area contributed by atoms with Crippen LogP contribution in [-0.4, -0.2) is 32.7 Å². The lowest BCUT2D eigenvalue weighted by atomic mass is 10.2. The van der Waals surface area contributed by atoms with Crippen molar-refractivity contribution in [3.63, 3.8) is 0 Å². The van der Waals surface area contributed by atoms with Crippen LogP contribution in [0.25, 0.3) is 0 Å². The van der Waals surface area contributed by atoms with Crippen LogP contribution in [0.2, 0.25) is 0 Å². The fraction of sp³-hybridized carbons (Fsp3) is 0.417. The first kappa shape index (κ1) is 16.8. The number of aryl methyl sites for hydroxylation is 1. The van der Waals surface area contributed by atoms with E-state index in [1.807, 2.05) is 0 Å². The van der Waals surface area contributed by atoms with Crippen LogP contribution in [0.3, 0.4) is 0 Å². The average molecular weight is 277 g/mol. The highest BCUT2D eigenvalue weighted by Crippen LogP contribution is 2.13. The Balaban J connectivity index is 0.00000289. The highest BCUT2D eigenvalue weighted by Gasteiger charge is 2.03. The maximum atomic E-state index is 13.0. The van der Waals surface area contributed by atoms with E-state index in [9.17, 15) is 9.18 Å². The van der Waals surface area contributed by atoms with Crippen LogP contribution in [-0.2, 0) is 9.53 Å². The zero-order valence-electron chi connectivity index (χ0n) is 10.5. The van der Waals surface area contributed by atoms with Gasteiger partial charge in [0.05, 0.1) is 13.2 Å². The summed E-state index contributed by atoms with van der Waals surface area (Å²) in [5.74, 6) is -0.437. The van der Waals surface area contributed by atoms with Crippen LogP contribution in [0.1, 0.15) is 5.56 Å². The van der Waals surface area contributed by atoms with Crippen molar-refractivity contribution >= 4 is 24.0 Å². The van der Waals surface area contributed by atoms with Gasteiger partial charge in [-0.1, -0.05) is 0 Å². The molecule has 1 aromatic carbocycles. The van der Waals surface area contributed by atoms with Gasteiger partial charge in [-0.3, -0.25) is 4.79 Å². The average Bonchev–Trinajstić information content (AvgIpc) is 2.30. The summed E-state index contributed by atoms with van der Waals surface area (Å²) >= 11 is 0. The lowest BCUT2D eigenvalue weighted by Crippen LogP contribution is -2.30. The molecule has 0 aromatic heterocycles. The topological polar surface area (TPSA) is 50.4 Å². The van der Waals surface area contributed by atoms with Crippen molar-refractivity contribution in [3.8, 4) is 0 Å². The van der Waals surface area contributed by atoms with Gasteiger partial charge in [0.1, 0.15) is 5.82 Å². The summed E-state index contributed by atoms with van der Waals surface area (Å²) in [4.78, 5) is 11.5. The number of benzene rings is 1. The Morgan fingerprint density at radius 3 is 2.78 bits per heavy atom. The molecule has 0 bridgehead atoms. The molecule has 0 spiro atoms. The molecule has 1 amide bonds. The van der Waals surface area contributed by atoms with E-state index >= 15 is 0 Å². The van der Waals surface area contributed by atoms with E-state index in [-0.39, 0.29) is 30.7 Å². The van der Waals surface area contributed by atoms with Crippen LogP contribution < -0.4 is 10.6 Å². The zero-order valence-corrected chi connectivity index (χ0v) is 11.3. The largest absolute Gasteiger partial charge is 0.383 e. The Bertz CT molecular complexity index is 388. The molecule has 0 unspecified atom stereocenters. The third-order valence-corrected chi connectivity index (χ3v) is 2.21. The number of nitrogens with one attached hydrogen (secondary N) is 2. The standard InChI is InChI=1S/C12H17FN2O2.ClH/c1-9-7-10(3-4-11(9)13)15-12(16)8-14-5-6-17-2;/h3-4,7,14H,5-6,8H2,1-2H3,(H,15,16);1H. The fourth-order valence-corrected chi connectivity index (χ4v) is 1.30. The van der Waals surface area contributed by atoms with Gasteiger partial charge in [0.2, 0.25) is 5.91 Å². The van der Waals surface area contributed by atoms with Crippen molar-refractivity contribution in [2.45, 2.75) is 6.92 Å². The van der Waals surface area contributed by atoms with E-state index in [1.165, 1.54) is 12.1 Å². The van der Waals surface area contributed by atoms with Gasteiger partial charge in [-0.05, 0) is 30.7 Å². The second kappa shape index (κ2) is 8.85. The predicted molar refractivity (Wildman–Crippen MR) is 71.8 cm³/mol. The molecule has 0 aliphatic rings. The van der Waals surface area contributed by atoms with Crippen LogP contribution in [0.15, 0.2) is 18.2 Å². The minimum Gasteiger partial charge on any atom is -0.383 e. The summed E-state index contributed by atoms with van der Waals surface area (Å²) in [6, 6.07) is 4.47. The molecule has 0 saturated carbocycles. The summed E-state index contributed by atoms with van der Waals surface area (Å²) in [6.45, 7) is 3.04. The summed E-state index contributed by atoms with van der Waals surface area (Å²) in [7, 11) is 1.60. The van der Waals surface area contributed by atoms with E-state index in [1.54, 1.807) is 20.1 Å². The Morgan fingerprint density at radius 1 is 1.44 bits per heavy atom. The van der Waals surface area contributed by atoms with Crippen molar-refractivity contribution in [3.05, 3.63) is 29.6 Å². The molecule has 0 aliphatic carbocycles. The van der Waals surface area contributed by atoms with E-state index in [0.29, 0.717) is 24.4 Å². The molecule has 4 nitrogen and oxygen atoms in total. The SMILES string of the molecule is COCCNCC(=O)Nc1ccc(F)c(C)c1.Cl. The Morgan fingerprint density at radius 2 is 2.17 bits per heavy atom. The molecule has 0 aliphatic heterocycles. The monoisotopic (exact) mass is 276 g/mol. The second-order valence-electron chi connectivity index (χ2n) is 3.68. The predicted octanol–water partition coefficient (Wildman–Crippen LogP) is 1.73. The molecule has 0 fully saturated rings. The maximum Gasteiger partial charge on any atom is 0.238 e. The third kappa shape index (κ3) is 5.95. The normalized spacial score (nSPS) is 9.72. The molecule has 0 heterocycles. The maximum absolute atomic E-state index is 13.0. The number of hydrogen-bond donors (Lipinski definition) is 2. The molecule has 18 heavy (non-hydrogen) atoms. The number of hydrogen-bond acceptors (Lipinski definition) is 3. The first-order valence-electron chi connectivity index (χ1n) is 5.39. The Labute approximate surface area is 112 Å². The van der Waals surface area contributed by atoms with Gasteiger partial charge in [-0.2, -0.15) is 0 Å². The minimum atomic E-state index is -0.277. The van der Waals surface area contributed by atoms with Gasteiger partial charge >= 0.3 is 0 Å². The summed E-state index contributed by atoms with van der Waals surface area (Å²) in [5, 5.41) is 5.60. The Hall–Kier alpha value is -1.17. The molecule has 0 atom stereocenters. The second-order valence-corrected chi connectivity index (χ2v) is 3.68. The Kier molecular flexibility index (Phi) is 8.28. The van der Waals surface area contributed by atoms with E-state index < -0.39 is 0 Å².